The van der Waals surface area contributed by atoms with Crippen molar-refractivity contribution in [3.05, 3.63) is 124 Å². The van der Waals surface area contributed by atoms with Gasteiger partial charge in [-0.25, -0.2) is 4.98 Å². The summed E-state index contributed by atoms with van der Waals surface area (Å²) in [6, 6.07) is 30.2. The standard InChI is InChI=1S/C29H27N3O2S/c1-2-34-26-15-13-23(14-16-26)19-31(18-22-9-5-3-6-10-22)20-25-17-28(33)32-27(21-35-29(32)30-25)24-11-7-4-8-12-24/h3-17,21H,2,18-20H2,1H3. The van der Waals surface area contributed by atoms with Crippen molar-refractivity contribution in [3.63, 3.8) is 0 Å². The summed E-state index contributed by atoms with van der Waals surface area (Å²) in [6.45, 7) is 4.71. The zero-order valence-electron chi connectivity index (χ0n) is 19.6. The van der Waals surface area contributed by atoms with Crippen LogP contribution in [0.4, 0.5) is 0 Å². The minimum atomic E-state index is -0.0502. The van der Waals surface area contributed by atoms with Crippen LogP contribution in [0.5, 0.6) is 5.75 Å². The van der Waals surface area contributed by atoms with Gasteiger partial charge < -0.3 is 4.74 Å². The van der Waals surface area contributed by atoms with Crippen molar-refractivity contribution in [2.45, 2.75) is 26.6 Å². The lowest BCUT2D eigenvalue weighted by Gasteiger charge is -2.22. The van der Waals surface area contributed by atoms with E-state index in [0.29, 0.717) is 18.1 Å². The molecule has 2 heterocycles. The van der Waals surface area contributed by atoms with E-state index in [1.807, 2.05) is 60.8 Å². The molecule has 0 fully saturated rings. The van der Waals surface area contributed by atoms with Gasteiger partial charge in [-0.3, -0.25) is 14.1 Å². The van der Waals surface area contributed by atoms with E-state index < -0.39 is 0 Å². The third-order valence-corrected chi connectivity index (χ3v) is 6.63. The maximum atomic E-state index is 13.1. The second kappa shape index (κ2) is 10.7. The van der Waals surface area contributed by atoms with Crippen molar-refractivity contribution in [2.24, 2.45) is 0 Å². The second-order valence-electron chi connectivity index (χ2n) is 8.40. The molecule has 0 aliphatic carbocycles. The van der Waals surface area contributed by atoms with Gasteiger partial charge in [0.15, 0.2) is 4.96 Å². The highest BCUT2D eigenvalue weighted by molar-refractivity contribution is 7.15. The minimum absolute atomic E-state index is 0.0502. The van der Waals surface area contributed by atoms with Crippen LogP contribution in [0.25, 0.3) is 16.2 Å². The predicted octanol–water partition coefficient (Wildman–Crippen LogP) is 6.02. The van der Waals surface area contributed by atoms with Crippen LogP contribution in [0.15, 0.2) is 101 Å². The van der Waals surface area contributed by atoms with Crippen molar-refractivity contribution in [1.82, 2.24) is 14.3 Å². The van der Waals surface area contributed by atoms with Gasteiger partial charge in [-0.15, -0.1) is 11.3 Å². The fourth-order valence-corrected chi connectivity index (χ4v) is 5.13. The number of aromatic nitrogens is 2. The Bertz CT molecular complexity index is 1440. The fourth-order valence-electron chi connectivity index (χ4n) is 4.21. The van der Waals surface area contributed by atoms with Crippen molar-refractivity contribution < 1.29 is 4.74 Å². The summed E-state index contributed by atoms with van der Waals surface area (Å²) < 4.78 is 7.29. The largest absolute Gasteiger partial charge is 0.494 e. The Morgan fingerprint density at radius 1 is 0.857 bits per heavy atom. The normalized spacial score (nSPS) is 11.3. The van der Waals surface area contributed by atoms with Crippen LogP contribution in [0.1, 0.15) is 23.7 Å². The van der Waals surface area contributed by atoms with Gasteiger partial charge in [0.05, 0.1) is 18.0 Å². The van der Waals surface area contributed by atoms with E-state index in [1.54, 1.807) is 10.5 Å². The molecule has 3 aromatic carbocycles. The third-order valence-electron chi connectivity index (χ3n) is 5.80. The van der Waals surface area contributed by atoms with Crippen LogP contribution < -0.4 is 10.3 Å². The van der Waals surface area contributed by atoms with Crippen LogP contribution in [0.3, 0.4) is 0 Å². The molecular weight excluding hydrogens is 454 g/mol. The molecule has 0 unspecified atom stereocenters. The molecule has 0 aliphatic rings. The summed E-state index contributed by atoms with van der Waals surface area (Å²) in [5.41, 5.74) is 5.02. The van der Waals surface area contributed by atoms with Crippen molar-refractivity contribution >= 4 is 16.3 Å². The van der Waals surface area contributed by atoms with E-state index in [2.05, 4.69) is 41.3 Å². The van der Waals surface area contributed by atoms with Crippen LogP contribution in [0.2, 0.25) is 0 Å². The second-order valence-corrected chi connectivity index (χ2v) is 9.23. The Morgan fingerprint density at radius 2 is 1.51 bits per heavy atom. The first-order valence-electron chi connectivity index (χ1n) is 11.7. The van der Waals surface area contributed by atoms with E-state index in [-0.39, 0.29) is 5.56 Å². The Hall–Kier alpha value is -3.74. The van der Waals surface area contributed by atoms with Gasteiger partial charge in [0, 0.05) is 31.1 Å². The Balaban J connectivity index is 1.43. The molecule has 0 saturated carbocycles. The molecule has 0 radical (unpaired) electrons. The van der Waals surface area contributed by atoms with Gasteiger partial charge >= 0.3 is 0 Å². The molecular formula is C29H27N3O2S. The van der Waals surface area contributed by atoms with E-state index in [4.69, 9.17) is 9.72 Å². The first-order valence-corrected chi connectivity index (χ1v) is 12.6. The molecule has 0 aliphatic heterocycles. The van der Waals surface area contributed by atoms with Gasteiger partial charge in [0.1, 0.15) is 5.75 Å². The van der Waals surface area contributed by atoms with Gasteiger partial charge in [0.25, 0.3) is 5.56 Å². The predicted molar refractivity (Wildman–Crippen MR) is 142 cm³/mol. The van der Waals surface area contributed by atoms with Gasteiger partial charge in [-0.05, 0) is 35.7 Å². The molecule has 0 amide bonds. The highest BCUT2D eigenvalue weighted by Crippen LogP contribution is 2.24. The SMILES string of the molecule is CCOc1ccc(CN(Cc2ccccc2)Cc2cc(=O)n3c(-c4ccccc4)csc3n2)cc1. The maximum Gasteiger partial charge on any atom is 0.259 e. The van der Waals surface area contributed by atoms with Crippen molar-refractivity contribution in [2.75, 3.05) is 6.61 Å². The molecule has 5 aromatic rings. The Labute approximate surface area is 208 Å². The molecule has 2 aromatic heterocycles. The lowest BCUT2D eigenvalue weighted by molar-refractivity contribution is 0.244. The smallest absolute Gasteiger partial charge is 0.259 e. The number of rotatable bonds is 9. The highest BCUT2D eigenvalue weighted by Gasteiger charge is 2.14. The number of benzene rings is 3. The number of hydrogen-bond donors (Lipinski definition) is 0. The lowest BCUT2D eigenvalue weighted by atomic mass is 10.1. The zero-order valence-corrected chi connectivity index (χ0v) is 20.4. The molecule has 5 nitrogen and oxygen atoms in total. The van der Waals surface area contributed by atoms with E-state index in [1.165, 1.54) is 22.5 Å². The highest BCUT2D eigenvalue weighted by atomic mass is 32.1. The number of fused-ring (bicyclic) bond motifs is 1. The maximum absolute atomic E-state index is 13.1. The number of ether oxygens (including phenoxy) is 1. The summed E-state index contributed by atoms with van der Waals surface area (Å²) in [5.74, 6) is 0.873. The van der Waals surface area contributed by atoms with Crippen LogP contribution >= 0.6 is 11.3 Å². The van der Waals surface area contributed by atoms with Crippen LogP contribution in [-0.4, -0.2) is 20.9 Å². The fraction of sp³-hybridized carbons (Fsp3) is 0.172. The molecule has 0 atom stereocenters. The zero-order chi connectivity index (χ0) is 24.0. The molecule has 5 rings (SSSR count). The summed E-state index contributed by atoms with van der Waals surface area (Å²) in [6.07, 6.45) is 0. The lowest BCUT2D eigenvalue weighted by Crippen LogP contribution is -2.25. The molecule has 6 heteroatoms. The monoisotopic (exact) mass is 481 g/mol. The number of nitrogens with zero attached hydrogens (tertiary/aromatic N) is 3. The minimum Gasteiger partial charge on any atom is -0.494 e. The molecule has 35 heavy (non-hydrogen) atoms. The molecule has 176 valence electrons. The third kappa shape index (κ3) is 5.50. The van der Waals surface area contributed by atoms with E-state index in [9.17, 15) is 4.79 Å². The average molecular weight is 482 g/mol. The van der Waals surface area contributed by atoms with Gasteiger partial charge in [-0.2, -0.15) is 0 Å². The number of hydrogen-bond acceptors (Lipinski definition) is 5. The van der Waals surface area contributed by atoms with E-state index in [0.717, 1.165) is 35.8 Å². The van der Waals surface area contributed by atoms with Gasteiger partial charge in [-0.1, -0.05) is 72.8 Å². The van der Waals surface area contributed by atoms with Crippen LogP contribution in [-0.2, 0) is 19.6 Å². The summed E-state index contributed by atoms with van der Waals surface area (Å²) in [4.78, 5) is 21.0. The summed E-state index contributed by atoms with van der Waals surface area (Å²) in [7, 11) is 0. The molecule has 0 saturated heterocycles. The Morgan fingerprint density at radius 3 is 2.20 bits per heavy atom. The topological polar surface area (TPSA) is 46.8 Å². The first-order chi connectivity index (χ1) is 17.2. The van der Waals surface area contributed by atoms with Crippen LogP contribution in [0, 0.1) is 0 Å². The van der Waals surface area contributed by atoms with Gasteiger partial charge in [0.2, 0.25) is 0 Å². The van der Waals surface area contributed by atoms with E-state index >= 15 is 0 Å². The summed E-state index contributed by atoms with van der Waals surface area (Å²) in [5, 5.41) is 2.00. The molecule has 0 N–H and O–H groups in total. The first kappa shape index (κ1) is 23.0. The summed E-state index contributed by atoms with van der Waals surface area (Å²) >= 11 is 1.50. The molecule has 0 spiro atoms. The number of thiazole rings is 1. The molecule has 0 bridgehead atoms. The van der Waals surface area contributed by atoms with Crippen molar-refractivity contribution in [3.8, 4) is 17.0 Å². The quantitative estimate of drug-likeness (QED) is 0.258. The average Bonchev–Trinajstić information content (AvgIpc) is 3.31. The van der Waals surface area contributed by atoms with Crippen molar-refractivity contribution in [1.29, 1.82) is 0 Å². The Kier molecular flexibility index (Phi) is 7.02.